The molecule has 2 aromatic carbocycles. The smallest absolute Gasteiger partial charge is 0.228 e. The predicted molar refractivity (Wildman–Crippen MR) is 108 cm³/mol. The van der Waals surface area contributed by atoms with E-state index in [2.05, 4.69) is 5.32 Å². The SMILES string of the molecule is Cc1ccc(NC(=O)C2CCCN(S(=O)(=O)Cc3cccc(Cl)c3)C2)cc1. The van der Waals surface area contributed by atoms with Gasteiger partial charge in [-0.3, -0.25) is 4.79 Å². The first-order valence-electron chi connectivity index (χ1n) is 8.93. The maximum atomic E-state index is 12.8. The van der Waals surface area contributed by atoms with Gasteiger partial charge in [0.05, 0.1) is 11.7 Å². The van der Waals surface area contributed by atoms with Crippen LogP contribution >= 0.6 is 11.6 Å². The van der Waals surface area contributed by atoms with Gasteiger partial charge in [0.1, 0.15) is 0 Å². The first-order chi connectivity index (χ1) is 12.8. The van der Waals surface area contributed by atoms with E-state index >= 15 is 0 Å². The molecule has 1 aliphatic rings. The number of nitrogens with zero attached hydrogens (tertiary/aromatic N) is 1. The van der Waals surface area contributed by atoms with Crippen LogP contribution in [-0.2, 0) is 20.6 Å². The van der Waals surface area contributed by atoms with Crippen molar-refractivity contribution < 1.29 is 13.2 Å². The van der Waals surface area contributed by atoms with Crippen molar-refractivity contribution in [1.82, 2.24) is 4.31 Å². The topological polar surface area (TPSA) is 66.5 Å². The number of anilines is 1. The molecule has 0 radical (unpaired) electrons. The van der Waals surface area contributed by atoms with Crippen LogP contribution in [0.3, 0.4) is 0 Å². The van der Waals surface area contributed by atoms with Crippen molar-refractivity contribution in [3.05, 3.63) is 64.7 Å². The highest BCUT2D eigenvalue weighted by Gasteiger charge is 2.32. The van der Waals surface area contributed by atoms with Crippen molar-refractivity contribution in [2.75, 3.05) is 18.4 Å². The lowest BCUT2D eigenvalue weighted by molar-refractivity contribution is -0.120. The molecule has 1 saturated heterocycles. The predicted octanol–water partition coefficient (Wildman–Crippen LogP) is 3.83. The second kappa shape index (κ2) is 8.42. The number of hydrogen-bond donors (Lipinski definition) is 1. The van der Waals surface area contributed by atoms with Gasteiger partial charge in [-0.05, 0) is 49.6 Å². The summed E-state index contributed by atoms with van der Waals surface area (Å²) in [6.45, 7) is 2.63. The summed E-state index contributed by atoms with van der Waals surface area (Å²) < 4.78 is 27.0. The number of carbonyl (C=O) groups excluding carboxylic acids is 1. The van der Waals surface area contributed by atoms with Gasteiger partial charge in [-0.1, -0.05) is 41.4 Å². The fraction of sp³-hybridized carbons (Fsp3) is 0.350. The molecule has 0 spiro atoms. The summed E-state index contributed by atoms with van der Waals surface area (Å²) in [7, 11) is -3.50. The molecule has 2 aromatic rings. The lowest BCUT2D eigenvalue weighted by atomic mass is 9.98. The van der Waals surface area contributed by atoms with Gasteiger partial charge < -0.3 is 5.32 Å². The molecule has 1 atom stereocenters. The van der Waals surface area contributed by atoms with Crippen LogP contribution in [0.1, 0.15) is 24.0 Å². The zero-order chi connectivity index (χ0) is 19.4. The highest BCUT2D eigenvalue weighted by molar-refractivity contribution is 7.88. The van der Waals surface area contributed by atoms with Crippen LogP contribution in [0.4, 0.5) is 5.69 Å². The molecule has 5 nitrogen and oxygen atoms in total. The molecule has 3 rings (SSSR count). The molecule has 0 saturated carbocycles. The summed E-state index contributed by atoms with van der Waals surface area (Å²) in [6.07, 6.45) is 1.35. The molecular formula is C20H23ClN2O3S. The lowest BCUT2D eigenvalue weighted by Gasteiger charge is -2.31. The third-order valence-electron chi connectivity index (χ3n) is 4.71. The number of sulfonamides is 1. The largest absolute Gasteiger partial charge is 0.326 e. The zero-order valence-corrected chi connectivity index (χ0v) is 16.8. The first kappa shape index (κ1) is 19.9. The van der Waals surface area contributed by atoms with E-state index in [1.54, 1.807) is 24.3 Å². The Kier molecular flexibility index (Phi) is 6.19. The van der Waals surface area contributed by atoms with Crippen LogP contribution in [0.2, 0.25) is 5.02 Å². The highest BCUT2D eigenvalue weighted by Crippen LogP contribution is 2.23. The standard InChI is InChI=1S/C20H23ClN2O3S/c1-15-7-9-19(10-8-15)22-20(24)17-5-3-11-23(13-17)27(25,26)14-16-4-2-6-18(21)12-16/h2,4,6-10,12,17H,3,5,11,13-14H2,1H3,(H,22,24). The van der Waals surface area contributed by atoms with E-state index < -0.39 is 10.0 Å². The van der Waals surface area contributed by atoms with Gasteiger partial charge in [-0.15, -0.1) is 0 Å². The number of halogens is 1. The van der Waals surface area contributed by atoms with Gasteiger partial charge in [-0.25, -0.2) is 12.7 Å². The highest BCUT2D eigenvalue weighted by atomic mass is 35.5. The Hall–Kier alpha value is -1.89. The minimum Gasteiger partial charge on any atom is -0.326 e. The number of amides is 1. The average Bonchev–Trinajstić information content (AvgIpc) is 2.63. The number of hydrogen-bond acceptors (Lipinski definition) is 3. The second-order valence-electron chi connectivity index (χ2n) is 6.94. The molecule has 27 heavy (non-hydrogen) atoms. The molecule has 1 unspecified atom stereocenters. The molecule has 7 heteroatoms. The first-order valence-corrected chi connectivity index (χ1v) is 10.9. The van der Waals surface area contributed by atoms with Gasteiger partial charge in [0.25, 0.3) is 0 Å². The second-order valence-corrected chi connectivity index (χ2v) is 9.34. The molecule has 0 aromatic heterocycles. The van der Waals surface area contributed by atoms with Crippen LogP contribution < -0.4 is 5.32 Å². The Bertz CT molecular complexity index is 913. The molecule has 0 aliphatic carbocycles. The Balaban J connectivity index is 1.65. The van der Waals surface area contributed by atoms with Crippen LogP contribution in [0.15, 0.2) is 48.5 Å². The molecule has 144 valence electrons. The summed E-state index contributed by atoms with van der Waals surface area (Å²) in [4.78, 5) is 12.6. The molecule has 1 amide bonds. The van der Waals surface area contributed by atoms with Crippen LogP contribution in [-0.4, -0.2) is 31.7 Å². The number of carbonyl (C=O) groups is 1. The third-order valence-corrected chi connectivity index (χ3v) is 6.76. The van der Waals surface area contributed by atoms with E-state index in [0.29, 0.717) is 30.0 Å². The van der Waals surface area contributed by atoms with Crippen molar-refractivity contribution in [3.8, 4) is 0 Å². The summed E-state index contributed by atoms with van der Waals surface area (Å²) >= 11 is 5.95. The van der Waals surface area contributed by atoms with Crippen molar-refractivity contribution in [1.29, 1.82) is 0 Å². The molecule has 1 aliphatic heterocycles. The van der Waals surface area contributed by atoms with E-state index in [4.69, 9.17) is 11.6 Å². The zero-order valence-electron chi connectivity index (χ0n) is 15.2. The van der Waals surface area contributed by atoms with Gasteiger partial charge in [0.15, 0.2) is 0 Å². The molecule has 1 N–H and O–H groups in total. The Morgan fingerprint density at radius 2 is 1.96 bits per heavy atom. The maximum Gasteiger partial charge on any atom is 0.228 e. The minimum atomic E-state index is -3.50. The monoisotopic (exact) mass is 406 g/mol. The van der Waals surface area contributed by atoms with Gasteiger partial charge >= 0.3 is 0 Å². The van der Waals surface area contributed by atoms with E-state index in [-0.39, 0.29) is 24.1 Å². The number of rotatable bonds is 5. The van der Waals surface area contributed by atoms with Crippen LogP contribution in [0.25, 0.3) is 0 Å². The Morgan fingerprint density at radius 1 is 1.22 bits per heavy atom. The fourth-order valence-corrected chi connectivity index (χ4v) is 5.03. The number of nitrogens with one attached hydrogen (secondary N) is 1. The van der Waals surface area contributed by atoms with E-state index in [0.717, 1.165) is 11.3 Å². The molecule has 0 bridgehead atoms. The summed E-state index contributed by atoms with van der Waals surface area (Å²) in [5, 5.41) is 3.40. The third kappa shape index (κ3) is 5.31. The summed E-state index contributed by atoms with van der Waals surface area (Å²) in [6, 6.07) is 14.4. The van der Waals surface area contributed by atoms with Crippen molar-refractivity contribution >= 4 is 33.2 Å². The Morgan fingerprint density at radius 3 is 2.67 bits per heavy atom. The maximum absolute atomic E-state index is 12.8. The molecule has 1 fully saturated rings. The van der Waals surface area contributed by atoms with Gasteiger partial charge in [0.2, 0.25) is 15.9 Å². The van der Waals surface area contributed by atoms with E-state index in [9.17, 15) is 13.2 Å². The number of aryl methyl sites for hydroxylation is 1. The van der Waals surface area contributed by atoms with E-state index in [1.807, 2.05) is 31.2 Å². The van der Waals surface area contributed by atoms with Gasteiger partial charge in [-0.2, -0.15) is 0 Å². The van der Waals surface area contributed by atoms with Crippen LogP contribution in [0, 0.1) is 12.8 Å². The average molecular weight is 407 g/mol. The fourth-order valence-electron chi connectivity index (χ4n) is 3.22. The minimum absolute atomic E-state index is 0.111. The summed E-state index contributed by atoms with van der Waals surface area (Å²) in [5.74, 6) is -0.601. The van der Waals surface area contributed by atoms with Gasteiger partial charge in [0, 0.05) is 23.8 Å². The normalized spacial score (nSPS) is 18.2. The van der Waals surface area contributed by atoms with Crippen molar-refractivity contribution in [2.24, 2.45) is 5.92 Å². The Labute approximate surface area is 165 Å². The number of benzene rings is 2. The van der Waals surface area contributed by atoms with Crippen LogP contribution in [0.5, 0.6) is 0 Å². The van der Waals surface area contributed by atoms with E-state index in [1.165, 1.54) is 4.31 Å². The summed E-state index contributed by atoms with van der Waals surface area (Å²) in [5.41, 5.74) is 2.49. The molecular weight excluding hydrogens is 384 g/mol. The quantitative estimate of drug-likeness (QED) is 0.820. The lowest BCUT2D eigenvalue weighted by Crippen LogP contribution is -2.44. The molecule has 1 heterocycles. The van der Waals surface area contributed by atoms with Crippen molar-refractivity contribution in [2.45, 2.75) is 25.5 Å². The number of piperidine rings is 1. The van der Waals surface area contributed by atoms with Crippen molar-refractivity contribution in [3.63, 3.8) is 0 Å².